The molecule has 1 aromatic heterocycles. The second kappa shape index (κ2) is 9.92. The molecule has 158 valence electrons. The molecule has 0 aliphatic carbocycles. The summed E-state index contributed by atoms with van der Waals surface area (Å²) in [7, 11) is 1.64. The molecule has 1 fully saturated rings. The molecule has 2 N–H and O–H groups in total. The van der Waals surface area contributed by atoms with Crippen molar-refractivity contribution in [2.75, 3.05) is 46.5 Å². The third-order valence-corrected chi connectivity index (χ3v) is 4.45. The van der Waals surface area contributed by atoms with Crippen LogP contribution in [0.4, 0.5) is 13.2 Å². The summed E-state index contributed by atoms with van der Waals surface area (Å²) in [6.07, 6.45) is -3.02. The number of ether oxygens (including phenoxy) is 2. The van der Waals surface area contributed by atoms with Gasteiger partial charge in [-0.25, -0.2) is 4.98 Å². The van der Waals surface area contributed by atoms with E-state index in [1.54, 1.807) is 19.2 Å². The minimum absolute atomic E-state index is 0.0450. The van der Waals surface area contributed by atoms with Crippen molar-refractivity contribution in [1.29, 1.82) is 0 Å². The number of aromatic nitrogens is 1. The second-order valence-electron chi connectivity index (χ2n) is 7.06. The number of halogens is 3. The van der Waals surface area contributed by atoms with Gasteiger partial charge < -0.3 is 20.1 Å². The van der Waals surface area contributed by atoms with Crippen molar-refractivity contribution >= 4 is 5.96 Å². The van der Waals surface area contributed by atoms with E-state index in [1.165, 1.54) is 6.20 Å². The van der Waals surface area contributed by atoms with Crippen LogP contribution >= 0.6 is 0 Å². The Hall–Kier alpha value is -2.07. The van der Waals surface area contributed by atoms with E-state index in [2.05, 4.69) is 39.4 Å². The van der Waals surface area contributed by atoms with Crippen LogP contribution in [-0.2, 0) is 11.3 Å². The molecule has 7 nitrogen and oxygen atoms in total. The van der Waals surface area contributed by atoms with Crippen molar-refractivity contribution in [3.05, 3.63) is 23.9 Å². The van der Waals surface area contributed by atoms with Crippen molar-refractivity contribution in [2.45, 2.75) is 32.1 Å². The Balaban J connectivity index is 1.88. The largest absolute Gasteiger partial charge is 0.468 e. The molecule has 0 aromatic carbocycles. The number of nitrogens with zero attached hydrogens (tertiary/aromatic N) is 3. The fourth-order valence-electron chi connectivity index (χ4n) is 2.82. The standard InChI is InChI=1S/C18H28F3N5O2/c1-17(2,26-7-9-27-10-8-26)12-25-16(22-3)24-11-14-5-4-6-23-15(14)28-13-18(19,20)21/h4-6H,7-13H2,1-3H3,(H2,22,24,25). The molecule has 2 heterocycles. The molecule has 1 aliphatic heterocycles. The Morgan fingerprint density at radius 3 is 2.64 bits per heavy atom. The number of morpholine rings is 1. The van der Waals surface area contributed by atoms with Gasteiger partial charge in [-0.15, -0.1) is 0 Å². The number of guanidine groups is 1. The summed E-state index contributed by atoms with van der Waals surface area (Å²) >= 11 is 0. The van der Waals surface area contributed by atoms with Crippen LogP contribution in [0.1, 0.15) is 19.4 Å². The molecule has 1 saturated heterocycles. The Labute approximate surface area is 163 Å². The normalized spacial score (nSPS) is 16.7. The van der Waals surface area contributed by atoms with E-state index in [9.17, 15) is 13.2 Å². The van der Waals surface area contributed by atoms with Crippen LogP contribution < -0.4 is 15.4 Å². The summed E-state index contributed by atoms with van der Waals surface area (Å²) < 4.78 is 47.4. The van der Waals surface area contributed by atoms with Gasteiger partial charge in [0.1, 0.15) is 0 Å². The SMILES string of the molecule is CN=C(NCc1cccnc1OCC(F)(F)F)NCC(C)(C)N1CCOCC1. The lowest BCUT2D eigenvalue weighted by Gasteiger charge is -2.41. The van der Waals surface area contributed by atoms with Gasteiger partial charge in [0.15, 0.2) is 12.6 Å². The van der Waals surface area contributed by atoms with Crippen LogP contribution in [0.5, 0.6) is 5.88 Å². The van der Waals surface area contributed by atoms with Crippen molar-refractivity contribution < 1.29 is 22.6 Å². The first kappa shape index (κ1) is 22.2. The molecule has 28 heavy (non-hydrogen) atoms. The Morgan fingerprint density at radius 2 is 2.00 bits per heavy atom. The maximum Gasteiger partial charge on any atom is 0.422 e. The third-order valence-electron chi connectivity index (χ3n) is 4.45. The molecule has 10 heteroatoms. The predicted molar refractivity (Wildman–Crippen MR) is 100 cm³/mol. The molecule has 1 aromatic rings. The van der Waals surface area contributed by atoms with Gasteiger partial charge in [0.2, 0.25) is 5.88 Å². The van der Waals surface area contributed by atoms with Crippen molar-refractivity contribution in [3.63, 3.8) is 0 Å². The summed E-state index contributed by atoms with van der Waals surface area (Å²) in [5.41, 5.74) is 0.415. The molecule has 0 amide bonds. The summed E-state index contributed by atoms with van der Waals surface area (Å²) in [5.74, 6) is 0.503. The lowest BCUT2D eigenvalue weighted by molar-refractivity contribution is -0.154. The fourth-order valence-corrected chi connectivity index (χ4v) is 2.82. The third kappa shape index (κ3) is 7.16. The molecule has 2 rings (SSSR count). The van der Waals surface area contributed by atoms with Crippen molar-refractivity contribution in [3.8, 4) is 5.88 Å². The molecule has 0 unspecified atom stereocenters. The fraction of sp³-hybridized carbons (Fsp3) is 0.667. The number of pyridine rings is 1. The first-order valence-electron chi connectivity index (χ1n) is 9.12. The van der Waals surface area contributed by atoms with Gasteiger partial charge in [-0.05, 0) is 19.9 Å². The van der Waals surface area contributed by atoms with E-state index < -0.39 is 12.8 Å². The van der Waals surface area contributed by atoms with Crippen molar-refractivity contribution in [1.82, 2.24) is 20.5 Å². The number of nitrogens with one attached hydrogen (secondary N) is 2. The Bertz CT molecular complexity index is 646. The zero-order valence-corrected chi connectivity index (χ0v) is 16.5. The molecule has 1 aliphatic rings. The van der Waals surface area contributed by atoms with Gasteiger partial charge in [0, 0.05) is 50.5 Å². The molecule has 0 radical (unpaired) electrons. The topological polar surface area (TPSA) is 71.0 Å². The highest BCUT2D eigenvalue weighted by atomic mass is 19.4. The Kier molecular flexibility index (Phi) is 7.88. The average Bonchev–Trinajstić information content (AvgIpc) is 2.67. The smallest absolute Gasteiger partial charge is 0.422 e. The number of rotatable bonds is 7. The number of hydrogen-bond donors (Lipinski definition) is 2. The molecule has 0 atom stereocenters. The first-order valence-corrected chi connectivity index (χ1v) is 9.12. The van der Waals surface area contributed by atoms with E-state index in [1.807, 2.05) is 0 Å². The first-order chi connectivity index (χ1) is 13.2. The van der Waals surface area contributed by atoms with E-state index in [4.69, 9.17) is 9.47 Å². The zero-order valence-electron chi connectivity index (χ0n) is 16.5. The summed E-state index contributed by atoms with van der Waals surface area (Å²) in [5, 5.41) is 6.36. The highest BCUT2D eigenvalue weighted by molar-refractivity contribution is 5.79. The van der Waals surface area contributed by atoms with E-state index in [0.29, 0.717) is 18.1 Å². The van der Waals surface area contributed by atoms with Gasteiger partial charge in [-0.2, -0.15) is 13.2 Å². The Morgan fingerprint density at radius 1 is 1.29 bits per heavy atom. The summed E-state index contributed by atoms with van der Waals surface area (Å²) in [6, 6.07) is 3.31. The molecule has 0 bridgehead atoms. The quantitative estimate of drug-likeness (QED) is 0.535. The van der Waals surface area contributed by atoms with Crippen LogP contribution in [0.3, 0.4) is 0 Å². The minimum Gasteiger partial charge on any atom is -0.468 e. The lowest BCUT2D eigenvalue weighted by atomic mass is 10.0. The van der Waals surface area contributed by atoms with Gasteiger partial charge in [-0.1, -0.05) is 6.07 Å². The monoisotopic (exact) mass is 403 g/mol. The minimum atomic E-state index is -4.41. The van der Waals surface area contributed by atoms with E-state index in [-0.39, 0.29) is 18.0 Å². The highest BCUT2D eigenvalue weighted by Gasteiger charge is 2.29. The van der Waals surface area contributed by atoms with Crippen LogP contribution in [0, 0.1) is 0 Å². The van der Waals surface area contributed by atoms with Gasteiger partial charge >= 0.3 is 6.18 Å². The highest BCUT2D eigenvalue weighted by Crippen LogP contribution is 2.20. The number of aliphatic imine (C=N–C) groups is 1. The van der Waals surface area contributed by atoms with E-state index in [0.717, 1.165) is 26.3 Å². The number of hydrogen-bond acceptors (Lipinski definition) is 5. The predicted octanol–water partition coefficient (Wildman–Crippen LogP) is 1.80. The molecular weight excluding hydrogens is 375 g/mol. The van der Waals surface area contributed by atoms with Gasteiger partial charge in [-0.3, -0.25) is 9.89 Å². The maximum absolute atomic E-state index is 12.4. The van der Waals surface area contributed by atoms with Crippen molar-refractivity contribution in [2.24, 2.45) is 4.99 Å². The summed E-state index contributed by atoms with van der Waals surface area (Å²) in [6.45, 7) is 6.97. The zero-order chi connectivity index (χ0) is 20.6. The second-order valence-corrected chi connectivity index (χ2v) is 7.06. The van der Waals surface area contributed by atoms with Gasteiger partial charge in [0.05, 0.1) is 13.2 Å². The van der Waals surface area contributed by atoms with Crippen LogP contribution in [0.15, 0.2) is 23.3 Å². The lowest BCUT2D eigenvalue weighted by Crippen LogP contribution is -2.56. The maximum atomic E-state index is 12.4. The van der Waals surface area contributed by atoms with Crippen LogP contribution in [-0.4, -0.2) is 74.1 Å². The van der Waals surface area contributed by atoms with Crippen LogP contribution in [0.25, 0.3) is 0 Å². The number of alkyl halides is 3. The van der Waals surface area contributed by atoms with Crippen LogP contribution in [0.2, 0.25) is 0 Å². The molecule has 0 saturated carbocycles. The average molecular weight is 403 g/mol. The van der Waals surface area contributed by atoms with E-state index >= 15 is 0 Å². The van der Waals surface area contributed by atoms with Gasteiger partial charge in [0.25, 0.3) is 0 Å². The molecular formula is C18H28F3N5O2. The molecule has 0 spiro atoms. The summed E-state index contributed by atoms with van der Waals surface area (Å²) in [4.78, 5) is 10.4.